The molecule has 0 aliphatic rings. The normalized spacial score (nSPS) is 12.6. The summed E-state index contributed by atoms with van der Waals surface area (Å²) < 4.78 is 42.0. The van der Waals surface area contributed by atoms with E-state index < -0.39 is 12.7 Å². The summed E-state index contributed by atoms with van der Waals surface area (Å²) >= 11 is 0. The molecule has 0 unspecified atom stereocenters. The molecule has 0 aliphatic carbocycles. The van der Waals surface area contributed by atoms with Crippen LogP contribution in [0.1, 0.15) is 47.5 Å². The van der Waals surface area contributed by atoms with Gasteiger partial charge >= 0.3 is 21.1 Å². The van der Waals surface area contributed by atoms with Crippen LogP contribution in [0.5, 0.6) is 5.75 Å². The van der Waals surface area contributed by atoms with Gasteiger partial charge in [0.05, 0.1) is 22.3 Å². The molecule has 9 aromatic rings. The Labute approximate surface area is 373 Å². The Morgan fingerprint density at radius 2 is 1.33 bits per heavy atom. The smallest absolute Gasteiger partial charge is 0.665 e. The first kappa shape index (κ1) is 35.6. The summed E-state index contributed by atoms with van der Waals surface area (Å²) in [6.45, 7) is 5.43. The fourth-order valence-corrected chi connectivity index (χ4v) is 8.01. The number of ether oxygens (including phenoxy) is 1. The standard InChI is InChI=1S/C55H45N3O.Pt/c1-35(2)39-20-22-42(23-21-39)43-24-25-56-51(34-43)47-31-45(41-16-11-8-12-17-41)30-46(32-47)49-18-13-19-52-53(49)57-55(50-29-36(3)26-38(5)54(50)59-6)58(52)48-28-37(4)27-44(33-48)40-14-9-7-10-15-40;/h7-31,33-35H,6H2,1-5H3;/q-2;+2/i4D3,35D;. The summed E-state index contributed by atoms with van der Waals surface area (Å²) in [5.74, 6) is 0.468. The molecule has 0 aliphatic heterocycles. The second-order valence-electron chi connectivity index (χ2n) is 15.3. The number of aromatic nitrogens is 3. The summed E-state index contributed by atoms with van der Waals surface area (Å²) in [7, 11) is 3.84. The first-order valence-corrected chi connectivity index (χ1v) is 19.7. The zero-order chi connectivity index (χ0) is 44.0. The summed E-state index contributed by atoms with van der Waals surface area (Å²) in [6.07, 6.45) is 1.83. The molecule has 296 valence electrons. The number of hydrogen-bond donors (Lipinski definition) is 0. The van der Waals surface area contributed by atoms with E-state index in [9.17, 15) is 0 Å². The van der Waals surface area contributed by atoms with Crippen LogP contribution in [0.2, 0.25) is 0 Å². The number of nitrogens with zero attached hydrogens (tertiary/aromatic N) is 3. The fraction of sp³-hybridized carbons (Fsp3) is 0.109. The van der Waals surface area contributed by atoms with Gasteiger partial charge in [0.1, 0.15) is 5.82 Å². The quantitative estimate of drug-likeness (QED) is 0.135. The molecule has 0 saturated carbocycles. The van der Waals surface area contributed by atoms with Crippen LogP contribution in [-0.4, -0.2) is 14.5 Å². The van der Waals surface area contributed by atoms with Crippen molar-refractivity contribution >= 4 is 11.0 Å². The van der Waals surface area contributed by atoms with E-state index >= 15 is 0 Å². The van der Waals surface area contributed by atoms with Crippen molar-refractivity contribution in [2.75, 3.05) is 0 Å². The van der Waals surface area contributed by atoms with Gasteiger partial charge in [-0.3, -0.25) is 9.55 Å². The molecular formula is C55H45N3OPt. The van der Waals surface area contributed by atoms with Gasteiger partial charge in [0.15, 0.2) is 0 Å². The van der Waals surface area contributed by atoms with Gasteiger partial charge in [0, 0.05) is 23.1 Å². The maximum absolute atomic E-state index is 8.54. The van der Waals surface area contributed by atoms with Gasteiger partial charge in [-0.1, -0.05) is 146 Å². The first-order valence-electron chi connectivity index (χ1n) is 21.7. The Morgan fingerprint density at radius 1 is 0.650 bits per heavy atom. The van der Waals surface area contributed by atoms with E-state index in [0.717, 1.165) is 83.5 Å². The van der Waals surface area contributed by atoms with Gasteiger partial charge in [-0.05, 0) is 107 Å². The molecule has 9 rings (SSSR count). The van der Waals surface area contributed by atoms with Gasteiger partial charge in [-0.15, -0.1) is 23.8 Å². The molecule has 5 heteroatoms. The molecule has 7 aromatic carbocycles. The third kappa shape index (κ3) is 7.88. The first-order chi connectivity index (χ1) is 30.2. The molecule has 0 bridgehead atoms. The maximum atomic E-state index is 8.54. The van der Waals surface area contributed by atoms with Crippen LogP contribution in [0.15, 0.2) is 164 Å². The van der Waals surface area contributed by atoms with Crippen LogP contribution < -0.4 is 4.74 Å². The van der Waals surface area contributed by atoms with E-state index in [-0.39, 0.29) is 26.6 Å². The monoisotopic (exact) mass is 962 g/mol. The van der Waals surface area contributed by atoms with Gasteiger partial charge in [0.2, 0.25) is 0 Å². The van der Waals surface area contributed by atoms with Gasteiger partial charge < -0.3 is 4.74 Å². The minimum atomic E-state index is -2.38. The number of fused-ring (bicyclic) bond motifs is 1. The van der Waals surface area contributed by atoms with E-state index in [4.69, 9.17) is 20.2 Å². The van der Waals surface area contributed by atoms with Crippen LogP contribution in [0.3, 0.4) is 0 Å². The van der Waals surface area contributed by atoms with Crippen molar-refractivity contribution in [1.29, 1.82) is 0 Å². The molecule has 0 N–H and O–H groups in total. The average Bonchev–Trinajstić information content (AvgIpc) is 3.68. The molecule has 0 spiro atoms. The van der Waals surface area contributed by atoms with Crippen molar-refractivity contribution in [3.63, 3.8) is 0 Å². The third-order valence-electron chi connectivity index (χ3n) is 10.9. The fourth-order valence-electron chi connectivity index (χ4n) is 8.01. The van der Waals surface area contributed by atoms with Crippen molar-refractivity contribution in [3.8, 4) is 78.6 Å². The zero-order valence-corrected chi connectivity index (χ0v) is 36.1. The molecule has 0 amide bonds. The van der Waals surface area contributed by atoms with E-state index in [1.54, 1.807) is 12.1 Å². The molecule has 0 atom stereocenters. The zero-order valence-electron chi connectivity index (χ0n) is 37.9. The second kappa shape index (κ2) is 17.1. The van der Waals surface area contributed by atoms with Crippen LogP contribution >= 0.6 is 0 Å². The van der Waals surface area contributed by atoms with E-state index in [0.29, 0.717) is 22.8 Å². The van der Waals surface area contributed by atoms with Crippen LogP contribution in [-0.2, 0) is 21.1 Å². The molecule has 60 heavy (non-hydrogen) atoms. The Kier molecular flexibility index (Phi) is 10.1. The molecule has 2 aromatic heterocycles. The van der Waals surface area contributed by atoms with Crippen molar-refractivity contribution in [1.82, 2.24) is 14.5 Å². The maximum Gasteiger partial charge on any atom is 2.00 e. The Morgan fingerprint density at radius 3 is 2.02 bits per heavy atom. The van der Waals surface area contributed by atoms with E-state index in [1.807, 2.05) is 136 Å². The third-order valence-corrected chi connectivity index (χ3v) is 10.9. The van der Waals surface area contributed by atoms with Gasteiger partial charge in [0.25, 0.3) is 0 Å². The SMILES string of the molecule is [2H]C([2H])([2H])c1cc(-c2ccccc2)cc(-n2c(-c3cc(C)cc(C)c3O[CH2-])nc3c(-c4[c-]c(-c5cc(-c6ccc(C([2H])(C)C)cc6)ccn5)cc(-c5ccccc5)c4)cccc32)c1.[Pt+2]. The molecular weight excluding hydrogens is 914 g/mol. The van der Waals surface area contributed by atoms with Crippen molar-refractivity contribution in [2.24, 2.45) is 0 Å². The Bertz CT molecular complexity index is 3140. The van der Waals surface area contributed by atoms with Gasteiger partial charge in [-0.25, -0.2) is 4.98 Å². The topological polar surface area (TPSA) is 39.9 Å². The van der Waals surface area contributed by atoms with Crippen LogP contribution in [0.4, 0.5) is 0 Å². The summed E-state index contributed by atoms with van der Waals surface area (Å²) in [4.78, 5) is 10.3. The van der Waals surface area contributed by atoms with E-state index in [1.165, 1.54) is 0 Å². The second-order valence-corrected chi connectivity index (χ2v) is 15.3. The number of aryl methyl sites for hydroxylation is 3. The number of pyridine rings is 1. The predicted molar refractivity (Wildman–Crippen MR) is 245 cm³/mol. The van der Waals surface area contributed by atoms with Crippen LogP contribution in [0.25, 0.3) is 83.9 Å². The summed E-state index contributed by atoms with van der Waals surface area (Å²) in [5.41, 5.74) is 14.9. The van der Waals surface area contributed by atoms with E-state index in [2.05, 4.69) is 61.7 Å². The Balaban J connectivity index is 0.00000560. The van der Waals surface area contributed by atoms with Crippen molar-refractivity contribution < 1.29 is 31.3 Å². The number of hydrogen-bond acceptors (Lipinski definition) is 3. The largest absolute Gasteiger partial charge is 2.00 e. The predicted octanol–water partition coefficient (Wildman–Crippen LogP) is 14.4. The Hall–Kier alpha value is -6.35. The number of benzene rings is 7. The minimum Gasteiger partial charge on any atom is -0.665 e. The van der Waals surface area contributed by atoms with Crippen molar-refractivity contribution in [2.45, 2.75) is 40.4 Å². The molecule has 0 saturated heterocycles. The van der Waals surface area contributed by atoms with Crippen LogP contribution in [0, 0.1) is 33.9 Å². The molecule has 2 heterocycles. The van der Waals surface area contributed by atoms with Gasteiger partial charge in [-0.2, -0.15) is 7.11 Å². The minimum absolute atomic E-state index is 0. The molecule has 0 radical (unpaired) electrons. The van der Waals surface area contributed by atoms with Crippen molar-refractivity contribution in [3.05, 3.63) is 199 Å². The average molecular weight is 963 g/mol. The number of rotatable bonds is 9. The summed E-state index contributed by atoms with van der Waals surface area (Å²) in [6, 6.07) is 56.0. The molecule has 4 nitrogen and oxygen atoms in total. The number of para-hydroxylation sites is 1. The summed E-state index contributed by atoms with van der Waals surface area (Å²) in [5, 5.41) is 0. The molecule has 0 fully saturated rings. The number of imidazole rings is 1.